The standard InChI is InChI=1S/C25H21F2N3O2S/c1-16-6-2-3-7-17(16)12-13-28-23(31)15-33-25-29-21-9-5-4-8-19(21)24(32)30(25)22-11-10-18(26)14-20(22)27/h2-11,14H,12-13,15H2,1H3,(H,28,31). The predicted octanol–water partition coefficient (Wildman–Crippen LogP) is 4.42. The molecule has 0 saturated heterocycles. The molecule has 1 aromatic heterocycles. The van der Waals surface area contributed by atoms with Crippen LogP contribution in [-0.2, 0) is 11.2 Å². The first-order valence-corrected chi connectivity index (χ1v) is 11.3. The van der Waals surface area contributed by atoms with E-state index in [4.69, 9.17) is 0 Å². The van der Waals surface area contributed by atoms with Crippen molar-refractivity contribution in [1.82, 2.24) is 14.9 Å². The third kappa shape index (κ3) is 5.12. The van der Waals surface area contributed by atoms with Crippen molar-refractivity contribution in [3.63, 3.8) is 0 Å². The highest BCUT2D eigenvalue weighted by atomic mass is 32.2. The molecule has 1 heterocycles. The van der Waals surface area contributed by atoms with Crippen LogP contribution in [0.15, 0.2) is 76.7 Å². The molecule has 8 heteroatoms. The molecular weight excluding hydrogens is 444 g/mol. The van der Waals surface area contributed by atoms with Crippen molar-refractivity contribution in [3.05, 3.63) is 99.8 Å². The molecule has 33 heavy (non-hydrogen) atoms. The molecule has 3 aromatic carbocycles. The van der Waals surface area contributed by atoms with Gasteiger partial charge in [-0.05, 0) is 48.7 Å². The van der Waals surface area contributed by atoms with E-state index >= 15 is 0 Å². The van der Waals surface area contributed by atoms with Gasteiger partial charge < -0.3 is 5.32 Å². The number of aryl methyl sites for hydroxylation is 1. The van der Waals surface area contributed by atoms with Crippen LogP contribution in [-0.4, -0.2) is 27.8 Å². The van der Waals surface area contributed by atoms with Crippen LogP contribution in [0, 0.1) is 18.6 Å². The van der Waals surface area contributed by atoms with Gasteiger partial charge in [-0.1, -0.05) is 48.2 Å². The summed E-state index contributed by atoms with van der Waals surface area (Å²) in [5.41, 5.74) is 2.13. The van der Waals surface area contributed by atoms with Crippen molar-refractivity contribution in [3.8, 4) is 5.69 Å². The fourth-order valence-corrected chi connectivity index (χ4v) is 4.33. The smallest absolute Gasteiger partial charge is 0.266 e. The number of thioether (sulfide) groups is 1. The first kappa shape index (κ1) is 22.7. The number of carbonyl (C=O) groups excluding carboxylic acids is 1. The highest BCUT2D eigenvalue weighted by Crippen LogP contribution is 2.23. The summed E-state index contributed by atoms with van der Waals surface area (Å²) in [5.74, 6) is -1.89. The summed E-state index contributed by atoms with van der Waals surface area (Å²) in [6.45, 7) is 2.49. The Morgan fingerprint density at radius 1 is 1.06 bits per heavy atom. The number of nitrogens with one attached hydrogen (secondary N) is 1. The maximum absolute atomic E-state index is 14.5. The average molecular weight is 466 g/mol. The zero-order chi connectivity index (χ0) is 23.4. The van der Waals surface area contributed by atoms with Gasteiger partial charge in [0.15, 0.2) is 5.16 Å². The molecule has 1 N–H and O–H groups in total. The number of halogens is 2. The van der Waals surface area contributed by atoms with Gasteiger partial charge in [0.1, 0.15) is 11.6 Å². The van der Waals surface area contributed by atoms with Crippen molar-refractivity contribution in [1.29, 1.82) is 0 Å². The molecular formula is C25H21F2N3O2S. The lowest BCUT2D eigenvalue weighted by molar-refractivity contribution is -0.118. The fourth-order valence-electron chi connectivity index (χ4n) is 3.49. The van der Waals surface area contributed by atoms with Crippen LogP contribution in [0.1, 0.15) is 11.1 Å². The Balaban J connectivity index is 1.56. The van der Waals surface area contributed by atoms with Gasteiger partial charge in [-0.3, -0.25) is 14.2 Å². The summed E-state index contributed by atoms with van der Waals surface area (Å²) in [6.07, 6.45) is 0.697. The second kappa shape index (κ2) is 9.95. The Morgan fingerprint density at radius 2 is 1.82 bits per heavy atom. The molecule has 0 spiro atoms. The summed E-state index contributed by atoms with van der Waals surface area (Å²) in [5, 5.41) is 3.31. The van der Waals surface area contributed by atoms with Gasteiger partial charge in [-0.25, -0.2) is 13.8 Å². The number of hydrogen-bond donors (Lipinski definition) is 1. The molecule has 0 aliphatic rings. The van der Waals surface area contributed by atoms with Crippen molar-refractivity contribution >= 4 is 28.6 Å². The largest absolute Gasteiger partial charge is 0.355 e. The van der Waals surface area contributed by atoms with Crippen molar-refractivity contribution in [2.24, 2.45) is 0 Å². The van der Waals surface area contributed by atoms with Crippen LogP contribution in [0.25, 0.3) is 16.6 Å². The minimum atomic E-state index is -0.890. The molecule has 0 bridgehead atoms. The molecule has 168 valence electrons. The first-order chi connectivity index (χ1) is 15.9. The number of fused-ring (bicyclic) bond motifs is 1. The summed E-state index contributed by atoms with van der Waals surface area (Å²) in [7, 11) is 0. The average Bonchev–Trinajstić information content (AvgIpc) is 2.80. The molecule has 1 amide bonds. The Labute approximate surface area is 193 Å². The second-order valence-electron chi connectivity index (χ2n) is 7.46. The third-order valence-electron chi connectivity index (χ3n) is 5.21. The van der Waals surface area contributed by atoms with Crippen molar-refractivity contribution < 1.29 is 13.6 Å². The van der Waals surface area contributed by atoms with Crippen molar-refractivity contribution in [2.75, 3.05) is 12.3 Å². The van der Waals surface area contributed by atoms with Crippen LogP contribution in [0.5, 0.6) is 0 Å². The lowest BCUT2D eigenvalue weighted by atomic mass is 10.1. The normalized spacial score (nSPS) is 11.0. The monoisotopic (exact) mass is 465 g/mol. The summed E-state index contributed by atoms with van der Waals surface area (Å²) >= 11 is 1.02. The molecule has 0 radical (unpaired) electrons. The van der Waals surface area contributed by atoms with E-state index in [9.17, 15) is 18.4 Å². The molecule has 5 nitrogen and oxygen atoms in total. The number of carbonyl (C=O) groups is 1. The molecule has 0 aliphatic carbocycles. The van der Waals surface area contributed by atoms with E-state index in [-0.39, 0.29) is 22.5 Å². The van der Waals surface area contributed by atoms with Gasteiger partial charge in [0, 0.05) is 12.6 Å². The number of amides is 1. The zero-order valence-electron chi connectivity index (χ0n) is 17.8. The van der Waals surface area contributed by atoms with E-state index in [0.29, 0.717) is 29.9 Å². The Hall–Kier alpha value is -3.52. The minimum absolute atomic E-state index is 0.0125. The van der Waals surface area contributed by atoms with Gasteiger partial charge in [0.2, 0.25) is 5.91 Å². The third-order valence-corrected chi connectivity index (χ3v) is 6.14. The number of hydrogen-bond acceptors (Lipinski definition) is 4. The number of benzene rings is 3. The number of aromatic nitrogens is 2. The number of nitrogens with zero attached hydrogens (tertiary/aromatic N) is 2. The van der Waals surface area contributed by atoms with Crippen LogP contribution < -0.4 is 10.9 Å². The van der Waals surface area contributed by atoms with Gasteiger partial charge >= 0.3 is 0 Å². The second-order valence-corrected chi connectivity index (χ2v) is 8.41. The van der Waals surface area contributed by atoms with Crippen LogP contribution >= 0.6 is 11.8 Å². The van der Waals surface area contributed by atoms with Gasteiger partial charge in [0.25, 0.3) is 5.56 Å². The van der Waals surface area contributed by atoms with Gasteiger partial charge in [-0.2, -0.15) is 0 Å². The van der Waals surface area contributed by atoms with Gasteiger partial charge in [-0.15, -0.1) is 0 Å². The van der Waals surface area contributed by atoms with E-state index in [2.05, 4.69) is 10.3 Å². The van der Waals surface area contributed by atoms with E-state index in [1.165, 1.54) is 6.07 Å². The van der Waals surface area contributed by atoms with Crippen LogP contribution in [0.4, 0.5) is 8.78 Å². The summed E-state index contributed by atoms with van der Waals surface area (Å²) in [4.78, 5) is 30.0. The number of rotatable bonds is 7. The highest BCUT2D eigenvalue weighted by molar-refractivity contribution is 7.99. The molecule has 0 aliphatic heterocycles. The summed E-state index contributed by atoms with van der Waals surface area (Å²) in [6, 6.07) is 17.6. The lowest BCUT2D eigenvalue weighted by Gasteiger charge is -2.14. The summed E-state index contributed by atoms with van der Waals surface area (Å²) < 4.78 is 29.1. The predicted molar refractivity (Wildman–Crippen MR) is 126 cm³/mol. The molecule has 0 saturated carbocycles. The maximum atomic E-state index is 14.5. The zero-order valence-corrected chi connectivity index (χ0v) is 18.7. The first-order valence-electron chi connectivity index (χ1n) is 10.4. The van der Waals surface area contributed by atoms with Crippen LogP contribution in [0.2, 0.25) is 0 Å². The molecule has 4 aromatic rings. The van der Waals surface area contributed by atoms with E-state index in [1.807, 2.05) is 31.2 Å². The lowest BCUT2D eigenvalue weighted by Crippen LogP contribution is -2.28. The molecule has 0 atom stereocenters. The SMILES string of the molecule is Cc1ccccc1CCNC(=O)CSc1nc2ccccc2c(=O)n1-c1ccc(F)cc1F. The van der Waals surface area contributed by atoms with Gasteiger partial charge in [0.05, 0.1) is 22.3 Å². The van der Waals surface area contributed by atoms with E-state index in [0.717, 1.165) is 33.5 Å². The van der Waals surface area contributed by atoms with Crippen molar-refractivity contribution in [2.45, 2.75) is 18.5 Å². The molecule has 0 fully saturated rings. The quantitative estimate of drug-likeness (QED) is 0.324. The van der Waals surface area contributed by atoms with E-state index < -0.39 is 17.2 Å². The van der Waals surface area contributed by atoms with E-state index in [1.54, 1.807) is 24.3 Å². The fraction of sp³-hybridized carbons (Fsp3) is 0.160. The minimum Gasteiger partial charge on any atom is -0.355 e. The molecule has 0 unspecified atom stereocenters. The Morgan fingerprint density at radius 3 is 2.61 bits per heavy atom. The molecule has 4 rings (SSSR count). The maximum Gasteiger partial charge on any atom is 0.266 e. The van der Waals surface area contributed by atoms with Crippen LogP contribution in [0.3, 0.4) is 0 Å². The number of para-hydroxylation sites is 1. The Bertz CT molecular complexity index is 1390. The topological polar surface area (TPSA) is 64.0 Å². The highest BCUT2D eigenvalue weighted by Gasteiger charge is 2.17. The Kier molecular flexibility index (Phi) is 6.84.